The van der Waals surface area contributed by atoms with Gasteiger partial charge in [-0.05, 0) is 30.3 Å². The minimum Gasteiger partial charge on any atom is -0.465 e. The summed E-state index contributed by atoms with van der Waals surface area (Å²) in [6, 6.07) is 8.62. The fourth-order valence-corrected chi connectivity index (χ4v) is 3.82. The van der Waals surface area contributed by atoms with E-state index in [1.807, 2.05) is 12.1 Å². The molecule has 1 spiro atoms. The van der Waals surface area contributed by atoms with E-state index in [2.05, 4.69) is 20.8 Å². The molecule has 1 atom stereocenters. The van der Waals surface area contributed by atoms with Gasteiger partial charge in [-0.25, -0.2) is 4.79 Å². The van der Waals surface area contributed by atoms with Crippen molar-refractivity contribution < 1.29 is 14.3 Å². The summed E-state index contributed by atoms with van der Waals surface area (Å²) in [5.41, 5.74) is 5.50. The third-order valence-corrected chi connectivity index (χ3v) is 5.20. The molecule has 2 aromatic rings. The van der Waals surface area contributed by atoms with E-state index in [1.54, 1.807) is 30.6 Å². The Hall–Kier alpha value is -2.87. The van der Waals surface area contributed by atoms with Crippen molar-refractivity contribution >= 4 is 34.4 Å². The van der Waals surface area contributed by atoms with Gasteiger partial charge in [-0.2, -0.15) is 5.10 Å². The van der Waals surface area contributed by atoms with Crippen LogP contribution in [0.3, 0.4) is 0 Å². The number of amides is 1. The number of anilines is 1. The zero-order chi connectivity index (χ0) is 16.7. The average Bonchev–Trinajstić information content (AvgIpc) is 3.19. The quantitative estimate of drug-likeness (QED) is 0.808. The number of benzene rings is 1. The van der Waals surface area contributed by atoms with Crippen LogP contribution in [0.2, 0.25) is 0 Å². The lowest BCUT2D eigenvalue weighted by Crippen LogP contribution is -2.39. The molecule has 2 aliphatic heterocycles. The van der Waals surface area contributed by atoms with Gasteiger partial charge in [0.2, 0.25) is 4.87 Å². The maximum Gasteiger partial charge on any atom is 0.337 e. The molecule has 0 radical (unpaired) electrons. The molecule has 3 heterocycles. The van der Waals surface area contributed by atoms with Crippen LogP contribution in [0.4, 0.5) is 5.69 Å². The van der Waals surface area contributed by atoms with Crippen molar-refractivity contribution in [2.24, 2.45) is 5.10 Å². The predicted octanol–water partition coefficient (Wildman–Crippen LogP) is 1.67. The van der Waals surface area contributed by atoms with E-state index in [0.29, 0.717) is 21.9 Å². The maximum atomic E-state index is 12.6. The summed E-state index contributed by atoms with van der Waals surface area (Å²) in [5, 5.41) is 7.82. The summed E-state index contributed by atoms with van der Waals surface area (Å²) in [7, 11) is 1.32. The zero-order valence-corrected chi connectivity index (χ0v) is 13.4. The molecule has 1 amide bonds. The second-order valence-corrected chi connectivity index (χ2v) is 6.46. The molecular weight excluding hydrogens is 328 g/mol. The van der Waals surface area contributed by atoms with Crippen molar-refractivity contribution in [3.8, 4) is 0 Å². The highest BCUT2D eigenvalue weighted by Gasteiger charge is 2.52. The van der Waals surface area contributed by atoms with E-state index in [4.69, 9.17) is 4.74 Å². The van der Waals surface area contributed by atoms with Gasteiger partial charge >= 0.3 is 5.97 Å². The molecule has 0 fully saturated rings. The van der Waals surface area contributed by atoms with Gasteiger partial charge in [-0.1, -0.05) is 11.8 Å². The number of carbonyl (C=O) groups excluding carboxylic acids is 2. The number of thioether (sulfide) groups is 1. The summed E-state index contributed by atoms with van der Waals surface area (Å²) in [4.78, 5) is 27.3. The first-order chi connectivity index (χ1) is 11.6. The van der Waals surface area contributed by atoms with Gasteiger partial charge in [0, 0.05) is 29.2 Å². The topological polar surface area (TPSA) is 92.7 Å². The van der Waals surface area contributed by atoms with E-state index in [9.17, 15) is 9.59 Å². The molecule has 8 heteroatoms. The fourth-order valence-electron chi connectivity index (χ4n) is 2.67. The normalized spacial score (nSPS) is 21.0. The largest absolute Gasteiger partial charge is 0.465 e. The minimum absolute atomic E-state index is 0.225. The van der Waals surface area contributed by atoms with Gasteiger partial charge in [-0.3, -0.25) is 15.2 Å². The summed E-state index contributed by atoms with van der Waals surface area (Å²) in [6.45, 7) is 0. The summed E-state index contributed by atoms with van der Waals surface area (Å²) >= 11 is 1.30. The summed E-state index contributed by atoms with van der Waals surface area (Å²) in [6.07, 6.45) is 3.34. The fraction of sp³-hybridized carbons (Fsp3) is 0.125. The number of nitrogens with one attached hydrogen (secondary N) is 2. The number of hydrazone groups is 1. The number of hydrogen-bond acceptors (Lipinski definition) is 7. The highest BCUT2D eigenvalue weighted by molar-refractivity contribution is 8.16. The second kappa shape index (κ2) is 5.34. The molecule has 1 aromatic heterocycles. The van der Waals surface area contributed by atoms with Gasteiger partial charge in [0.1, 0.15) is 5.04 Å². The third kappa shape index (κ3) is 2.07. The van der Waals surface area contributed by atoms with E-state index in [-0.39, 0.29) is 5.91 Å². The molecule has 2 N–H and O–H groups in total. The molecule has 0 bridgehead atoms. The van der Waals surface area contributed by atoms with Crippen LogP contribution in [0.1, 0.15) is 21.5 Å². The number of esters is 1. The lowest BCUT2D eigenvalue weighted by Gasteiger charge is -2.20. The van der Waals surface area contributed by atoms with E-state index >= 15 is 0 Å². The Labute approximate surface area is 141 Å². The SMILES string of the molecule is COC(=O)c1ccc2c(c1)C1(NN=C(c3ccncc3)S1)C(=O)N2. The number of pyridine rings is 1. The van der Waals surface area contributed by atoms with Crippen molar-refractivity contribution in [3.05, 3.63) is 59.4 Å². The van der Waals surface area contributed by atoms with Gasteiger partial charge in [0.25, 0.3) is 5.91 Å². The Bertz CT molecular complexity index is 884. The van der Waals surface area contributed by atoms with Crippen LogP contribution < -0.4 is 10.7 Å². The van der Waals surface area contributed by atoms with Crippen molar-refractivity contribution in [2.45, 2.75) is 4.87 Å². The molecule has 1 unspecified atom stereocenters. The molecule has 24 heavy (non-hydrogen) atoms. The minimum atomic E-state index is -1.09. The molecule has 7 nitrogen and oxygen atoms in total. The smallest absolute Gasteiger partial charge is 0.337 e. The van der Waals surface area contributed by atoms with Crippen molar-refractivity contribution in [1.82, 2.24) is 10.4 Å². The van der Waals surface area contributed by atoms with Gasteiger partial charge in [-0.15, -0.1) is 0 Å². The van der Waals surface area contributed by atoms with Crippen molar-refractivity contribution in [3.63, 3.8) is 0 Å². The number of carbonyl (C=O) groups is 2. The Morgan fingerprint density at radius 3 is 2.79 bits per heavy atom. The van der Waals surface area contributed by atoms with Gasteiger partial charge < -0.3 is 10.1 Å². The molecule has 1 aromatic carbocycles. The Morgan fingerprint density at radius 2 is 2.04 bits per heavy atom. The van der Waals surface area contributed by atoms with Crippen LogP contribution in [-0.2, 0) is 14.4 Å². The summed E-state index contributed by atoms with van der Waals surface area (Å²) < 4.78 is 4.76. The Kier molecular flexibility index (Phi) is 3.27. The molecule has 0 saturated heterocycles. The number of methoxy groups -OCH3 is 1. The molecule has 4 rings (SSSR count). The third-order valence-electron chi connectivity index (χ3n) is 3.88. The Balaban J connectivity index is 1.74. The average molecular weight is 340 g/mol. The number of hydrogen-bond donors (Lipinski definition) is 2. The van der Waals surface area contributed by atoms with Crippen LogP contribution in [0.15, 0.2) is 47.8 Å². The zero-order valence-electron chi connectivity index (χ0n) is 12.6. The number of aromatic nitrogens is 1. The van der Waals surface area contributed by atoms with Crippen LogP contribution in [0, 0.1) is 0 Å². The number of fused-ring (bicyclic) bond motifs is 2. The van der Waals surface area contributed by atoms with Gasteiger partial charge in [0.15, 0.2) is 0 Å². The van der Waals surface area contributed by atoms with Crippen LogP contribution in [0.5, 0.6) is 0 Å². The van der Waals surface area contributed by atoms with Gasteiger partial charge in [0.05, 0.1) is 12.7 Å². The van der Waals surface area contributed by atoms with E-state index in [1.165, 1.54) is 18.9 Å². The van der Waals surface area contributed by atoms with E-state index < -0.39 is 10.8 Å². The predicted molar refractivity (Wildman–Crippen MR) is 89.6 cm³/mol. The standard InChI is InChI=1S/C16H12N4O3S/c1-23-14(21)10-2-3-12-11(8-10)16(15(22)18-12)20-19-13(24-16)9-4-6-17-7-5-9/h2-8,20H,1H3,(H,18,22). The van der Waals surface area contributed by atoms with Crippen molar-refractivity contribution in [1.29, 1.82) is 0 Å². The second-order valence-electron chi connectivity index (χ2n) is 5.25. The van der Waals surface area contributed by atoms with Crippen LogP contribution in [-0.4, -0.2) is 29.0 Å². The highest BCUT2D eigenvalue weighted by Crippen LogP contribution is 2.48. The first-order valence-corrected chi connectivity index (χ1v) is 7.94. The first-order valence-electron chi connectivity index (χ1n) is 7.12. The lowest BCUT2D eigenvalue weighted by atomic mass is 10.0. The first kappa shape index (κ1) is 14.7. The maximum absolute atomic E-state index is 12.6. The highest BCUT2D eigenvalue weighted by atomic mass is 32.2. The molecule has 0 aliphatic carbocycles. The number of rotatable bonds is 2. The molecule has 120 valence electrons. The molecule has 2 aliphatic rings. The Morgan fingerprint density at radius 1 is 1.25 bits per heavy atom. The van der Waals surface area contributed by atoms with Crippen LogP contribution in [0.25, 0.3) is 0 Å². The van der Waals surface area contributed by atoms with Crippen LogP contribution >= 0.6 is 11.8 Å². The summed E-state index contributed by atoms with van der Waals surface area (Å²) in [5.74, 6) is -0.678. The number of nitrogens with zero attached hydrogens (tertiary/aromatic N) is 2. The van der Waals surface area contributed by atoms with E-state index in [0.717, 1.165) is 5.56 Å². The molecular formula is C16H12N4O3S. The molecule has 0 saturated carbocycles. The number of ether oxygens (including phenoxy) is 1. The van der Waals surface area contributed by atoms with Crippen molar-refractivity contribution in [2.75, 3.05) is 12.4 Å². The lowest BCUT2D eigenvalue weighted by molar-refractivity contribution is -0.118. The monoisotopic (exact) mass is 340 g/mol.